The van der Waals surface area contributed by atoms with Gasteiger partial charge >= 0.3 is 5.97 Å². The van der Waals surface area contributed by atoms with Crippen molar-refractivity contribution in [3.63, 3.8) is 0 Å². The van der Waals surface area contributed by atoms with Gasteiger partial charge in [-0.05, 0) is 26.0 Å². The molecule has 8 heteroatoms. The minimum atomic E-state index is -0.592. The molecule has 0 amide bonds. The van der Waals surface area contributed by atoms with Crippen molar-refractivity contribution in [3.05, 3.63) is 55.9 Å². The highest BCUT2D eigenvalue weighted by Crippen LogP contribution is 2.23. The zero-order chi connectivity index (χ0) is 17.4. The van der Waals surface area contributed by atoms with Crippen molar-refractivity contribution in [2.45, 2.75) is 13.8 Å². The summed E-state index contributed by atoms with van der Waals surface area (Å²) in [5.41, 5.74) is 0.122. The molecule has 0 radical (unpaired) electrons. The highest BCUT2D eigenvalue weighted by atomic mass is 16.6. The number of esters is 1. The van der Waals surface area contributed by atoms with Crippen LogP contribution < -0.4 is 5.43 Å². The number of nitro groups is 1. The van der Waals surface area contributed by atoms with Crippen LogP contribution in [0.2, 0.25) is 0 Å². The average molecular weight is 328 g/mol. The largest absolute Gasteiger partial charge is 0.462 e. The third-order valence-corrected chi connectivity index (χ3v) is 3.53. The van der Waals surface area contributed by atoms with Crippen LogP contribution in [0.4, 0.5) is 5.69 Å². The summed E-state index contributed by atoms with van der Waals surface area (Å²) in [5, 5.41) is 10.9. The molecule has 0 aliphatic carbocycles. The lowest BCUT2D eigenvalue weighted by atomic mass is 10.1. The van der Waals surface area contributed by atoms with Crippen LogP contribution in [0.1, 0.15) is 23.0 Å². The average Bonchev–Trinajstić information content (AvgIpc) is 2.55. The number of fused-ring (bicyclic) bond motifs is 2. The van der Waals surface area contributed by atoms with Crippen LogP contribution in [-0.4, -0.2) is 22.5 Å². The van der Waals surface area contributed by atoms with Gasteiger partial charge in [0, 0.05) is 12.1 Å². The van der Waals surface area contributed by atoms with Crippen molar-refractivity contribution in [1.82, 2.24) is 4.98 Å². The van der Waals surface area contributed by atoms with E-state index in [1.807, 2.05) is 0 Å². The summed E-state index contributed by atoms with van der Waals surface area (Å²) in [4.78, 5) is 38.9. The number of hydrogen-bond donors (Lipinski definition) is 0. The number of rotatable bonds is 3. The molecule has 0 fully saturated rings. The molecule has 8 nitrogen and oxygen atoms in total. The Labute approximate surface area is 134 Å². The summed E-state index contributed by atoms with van der Waals surface area (Å²) in [5.74, 6) is -0.559. The van der Waals surface area contributed by atoms with Crippen LogP contribution in [0.15, 0.2) is 33.5 Å². The summed E-state index contributed by atoms with van der Waals surface area (Å²) >= 11 is 0. The van der Waals surface area contributed by atoms with Gasteiger partial charge in [-0.15, -0.1) is 0 Å². The smallest absolute Gasteiger partial charge is 0.340 e. The van der Waals surface area contributed by atoms with E-state index in [1.165, 1.54) is 18.2 Å². The second kappa shape index (κ2) is 5.73. The van der Waals surface area contributed by atoms with Crippen LogP contribution >= 0.6 is 0 Å². The molecular formula is C16H12N2O6. The van der Waals surface area contributed by atoms with E-state index in [1.54, 1.807) is 13.8 Å². The Morgan fingerprint density at radius 1 is 1.33 bits per heavy atom. The molecule has 0 bridgehead atoms. The Balaban J connectivity index is 2.31. The van der Waals surface area contributed by atoms with Crippen molar-refractivity contribution in [2.75, 3.05) is 6.61 Å². The van der Waals surface area contributed by atoms with Crippen molar-refractivity contribution < 1.29 is 18.9 Å². The topological polar surface area (TPSA) is 113 Å². The van der Waals surface area contributed by atoms with E-state index in [4.69, 9.17) is 9.15 Å². The predicted octanol–water partition coefficient (Wildman–Crippen LogP) is 2.73. The summed E-state index contributed by atoms with van der Waals surface area (Å²) in [6.07, 6.45) is 0. The number of benzene rings is 1. The van der Waals surface area contributed by atoms with Gasteiger partial charge < -0.3 is 9.15 Å². The molecule has 24 heavy (non-hydrogen) atoms. The molecule has 0 aliphatic rings. The van der Waals surface area contributed by atoms with E-state index >= 15 is 0 Å². The van der Waals surface area contributed by atoms with Gasteiger partial charge in [0.05, 0.1) is 28.2 Å². The van der Waals surface area contributed by atoms with Gasteiger partial charge in [-0.25, -0.2) is 9.78 Å². The fraction of sp³-hybridized carbons (Fsp3) is 0.188. The maximum absolute atomic E-state index is 12.6. The maximum Gasteiger partial charge on any atom is 0.340 e. The number of hydrogen-bond acceptors (Lipinski definition) is 7. The fourth-order valence-corrected chi connectivity index (χ4v) is 2.39. The van der Waals surface area contributed by atoms with Crippen molar-refractivity contribution in [3.8, 4) is 0 Å². The Kier molecular flexibility index (Phi) is 3.72. The normalized spacial score (nSPS) is 10.9. The Bertz CT molecular complexity index is 1050. The molecular weight excluding hydrogens is 316 g/mol. The molecule has 0 spiro atoms. The lowest BCUT2D eigenvalue weighted by Crippen LogP contribution is -2.11. The van der Waals surface area contributed by atoms with Gasteiger partial charge in [0.1, 0.15) is 5.58 Å². The molecule has 0 unspecified atom stereocenters. The first-order valence-corrected chi connectivity index (χ1v) is 7.12. The summed E-state index contributed by atoms with van der Waals surface area (Å²) in [6, 6.07) is 5.14. The van der Waals surface area contributed by atoms with E-state index in [-0.39, 0.29) is 39.9 Å². The van der Waals surface area contributed by atoms with Crippen LogP contribution in [0.5, 0.6) is 0 Å². The highest BCUT2D eigenvalue weighted by molar-refractivity contribution is 5.96. The van der Waals surface area contributed by atoms with E-state index < -0.39 is 16.3 Å². The number of carbonyl (C=O) groups is 1. The zero-order valence-corrected chi connectivity index (χ0v) is 12.9. The van der Waals surface area contributed by atoms with Crippen LogP contribution in [0.3, 0.4) is 0 Å². The van der Waals surface area contributed by atoms with Gasteiger partial charge in [-0.3, -0.25) is 14.9 Å². The number of nitrogens with zero attached hydrogens (tertiary/aromatic N) is 2. The number of ether oxygens (including phenoxy) is 1. The van der Waals surface area contributed by atoms with E-state index in [2.05, 4.69) is 4.98 Å². The molecule has 3 rings (SSSR count). The minimum absolute atomic E-state index is 0.00791. The van der Waals surface area contributed by atoms with E-state index in [9.17, 15) is 19.7 Å². The lowest BCUT2D eigenvalue weighted by Gasteiger charge is -2.07. The second-order valence-electron chi connectivity index (χ2n) is 5.06. The standard InChI is InChI=1S/C16H12N2O6/c1-3-23-16(20)10-7-13-14(17-8(10)2)15(19)11-6-9(18(21)22)4-5-12(11)24-13/h4-7H,3H2,1-2H3. The fourth-order valence-electron chi connectivity index (χ4n) is 2.39. The number of non-ortho nitro benzene ring substituents is 1. The lowest BCUT2D eigenvalue weighted by molar-refractivity contribution is -0.384. The van der Waals surface area contributed by atoms with Gasteiger partial charge in [-0.2, -0.15) is 0 Å². The van der Waals surface area contributed by atoms with Crippen LogP contribution in [-0.2, 0) is 4.74 Å². The zero-order valence-electron chi connectivity index (χ0n) is 12.9. The Morgan fingerprint density at radius 2 is 2.08 bits per heavy atom. The van der Waals surface area contributed by atoms with Gasteiger partial charge in [0.15, 0.2) is 11.1 Å². The van der Waals surface area contributed by atoms with Crippen molar-refractivity contribution in [1.29, 1.82) is 0 Å². The third kappa shape index (κ3) is 2.47. The third-order valence-electron chi connectivity index (χ3n) is 3.53. The quantitative estimate of drug-likeness (QED) is 0.314. The molecule has 0 aliphatic heterocycles. The van der Waals surface area contributed by atoms with E-state index in [0.29, 0.717) is 5.69 Å². The van der Waals surface area contributed by atoms with Crippen molar-refractivity contribution >= 4 is 33.7 Å². The molecule has 0 atom stereocenters. The predicted molar refractivity (Wildman–Crippen MR) is 85.1 cm³/mol. The summed E-state index contributed by atoms with van der Waals surface area (Å²) in [7, 11) is 0. The Hall–Kier alpha value is -3.29. The first kappa shape index (κ1) is 15.6. The first-order chi connectivity index (χ1) is 11.4. The first-order valence-electron chi connectivity index (χ1n) is 7.12. The number of aryl methyl sites for hydroxylation is 1. The molecule has 0 saturated carbocycles. The second-order valence-corrected chi connectivity index (χ2v) is 5.06. The summed E-state index contributed by atoms with van der Waals surface area (Å²) < 4.78 is 10.5. The molecule has 0 saturated heterocycles. The Morgan fingerprint density at radius 3 is 2.75 bits per heavy atom. The SMILES string of the molecule is CCOC(=O)c1cc2oc3ccc([N+](=O)[O-])cc3c(=O)c2nc1C. The van der Waals surface area contributed by atoms with E-state index in [0.717, 1.165) is 6.07 Å². The molecule has 0 N–H and O–H groups in total. The van der Waals surface area contributed by atoms with Gasteiger partial charge in [0.2, 0.25) is 5.43 Å². The summed E-state index contributed by atoms with van der Waals surface area (Å²) in [6.45, 7) is 3.46. The van der Waals surface area contributed by atoms with Crippen molar-refractivity contribution in [2.24, 2.45) is 0 Å². The number of pyridine rings is 1. The minimum Gasteiger partial charge on any atom is -0.462 e. The molecule has 122 valence electrons. The van der Waals surface area contributed by atoms with Crippen LogP contribution in [0.25, 0.3) is 22.1 Å². The van der Waals surface area contributed by atoms with Gasteiger partial charge in [-0.1, -0.05) is 0 Å². The highest BCUT2D eigenvalue weighted by Gasteiger charge is 2.18. The number of carbonyl (C=O) groups excluding carboxylic acids is 1. The number of aromatic nitrogens is 1. The number of nitro benzene ring substituents is 1. The van der Waals surface area contributed by atoms with Gasteiger partial charge in [0.25, 0.3) is 5.69 Å². The molecule has 1 aromatic carbocycles. The molecule has 2 aromatic heterocycles. The molecule has 2 heterocycles. The van der Waals surface area contributed by atoms with Crippen LogP contribution in [0, 0.1) is 17.0 Å². The maximum atomic E-state index is 12.6. The monoisotopic (exact) mass is 328 g/mol. The molecule has 3 aromatic rings.